The van der Waals surface area contributed by atoms with Crippen LogP contribution in [0.5, 0.6) is 0 Å². The number of β-lactam (4-membered cyclic amide) rings is 1. The lowest BCUT2D eigenvalue weighted by Gasteiger charge is -2.52. The van der Waals surface area contributed by atoms with Gasteiger partial charge in [-0.15, -0.1) is 0 Å². The molecular weight excluding hydrogens is 240 g/mol. The van der Waals surface area contributed by atoms with E-state index in [1.807, 2.05) is 18.2 Å². The van der Waals surface area contributed by atoms with E-state index in [-0.39, 0.29) is 24.0 Å². The number of hydrogen-bond donors (Lipinski definition) is 2. The lowest BCUT2D eigenvalue weighted by atomic mass is 9.64. The predicted molar refractivity (Wildman–Crippen MR) is 72.5 cm³/mol. The monoisotopic (exact) mass is 260 g/mol. The number of aliphatic hydroxyl groups excluding tert-OH is 1. The Morgan fingerprint density at radius 2 is 1.95 bits per heavy atom. The Bertz CT molecular complexity index is 452. The molecule has 0 aliphatic carbocycles. The van der Waals surface area contributed by atoms with Gasteiger partial charge in [-0.3, -0.25) is 4.79 Å². The average Bonchev–Trinajstić information content (AvgIpc) is 2.47. The lowest BCUT2D eigenvalue weighted by molar-refractivity contribution is -0.151. The quantitative estimate of drug-likeness (QED) is 0.795. The molecule has 1 atom stereocenters. The normalized spacial score (nSPS) is 25.9. The number of amides is 1. The minimum Gasteiger partial charge on any atom is -0.395 e. The van der Waals surface area contributed by atoms with Crippen LogP contribution in [0.1, 0.15) is 24.4 Å². The topological polar surface area (TPSA) is 52.6 Å². The largest absolute Gasteiger partial charge is 0.395 e. The summed E-state index contributed by atoms with van der Waals surface area (Å²) in [6, 6.07) is 10.4. The summed E-state index contributed by atoms with van der Waals surface area (Å²) < 4.78 is 0. The van der Waals surface area contributed by atoms with Crippen molar-refractivity contribution in [1.29, 1.82) is 0 Å². The maximum Gasteiger partial charge on any atom is 0.229 e. The highest BCUT2D eigenvalue weighted by molar-refractivity contribution is 5.90. The fourth-order valence-electron chi connectivity index (χ4n) is 3.35. The van der Waals surface area contributed by atoms with E-state index in [4.69, 9.17) is 5.11 Å². The number of likely N-dealkylation sites (tertiary alicyclic amines) is 1. The summed E-state index contributed by atoms with van der Waals surface area (Å²) in [6.45, 7) is 2.71. The highest BCUT2D eigenvalue weighted by Crippen LogP contribution is 2.49. The maximum absolute atomic E-state index is 12.1. The zero-order valence-corrected chi connectivity index (χ0v) is 11.0. The van der Waals surface area contributed by atoms with Crippen molar-refractivity contribution in [2.45, 2.75) is 18.9 Å². The van der Waals surface area contributed by atoms with Crippen LogP contribution < -0.4 is 5.32 Å². The molecule has 1 aromatic carbocycles. The molecule has 2 aliphatic heterocycles. The first kappa shape index (κ1) is 12.6. The summed E-state index contributed by atoms with van der Waals surface area (Å²) in [5, 5.41) is 12.0. The van der Waals surface area contributed by atoms with Crippen molar-refractivity contribution in [3.63, 3.8) is 0 Å². The van der Waals surface area contributed by atoms with Gasteiger partial charge in [0.1, 0.15) is 0 Å². The molecule has 19 heavy (non-hydrogen) atoms. The molecule has 4 nitrogen and oxygen atoms in total. The van der Waals surface area contributed by atoms with Crippen LogP contribution in [0, 0.1) is 5.41 Å². The SMILES string of the molecule is O=C1N[C@@H](c2ccccc2)C12CCN(CCO)CC2. The number of aliphatic hydroxyl groups is 1. The Kier molecular flexibility index (Phi) is 3.29. The van der Waals surface area contributed by atoms with Gasteiger partial charge in [-0.1, -0.05) is 30.3 Å². The first-order chi connectivity index (χ1) is 9.26. The Hall–Kier alpha value is -1.39. The molecule has 102 valence electrons. The van der Waals surface area contributed by atoms with Crippen molar-refractivity contribution in [2.24, 2.45) is 5.41 Å². The van der Waals surface area contributed by atoms with Gasteiger partial charge < -0.3 is 15.3 Å². The standard InChI is InChI=1S/C15H20N2O2/c18-11-10-17-8-6-15(7-9-17)13(16-14(15)19)12-4-2-1-3-5-12/h1-5,13,18H,6-11H2,(H,16,19)/t13-/m0/s1. The Balaban J connectivity index is 1.74. The number of β-amino-alcohol motifs (C(OH)–C–C–N with tert-alkyl or cyclic N) is 1. The Labute approximate surface area is 113 Å². The highest BCUT2D eigenvalue weighted by atomic mass is 16.3. The summed E-state index contributed by atoms with van der Waals surface area (Å²) in [4.78, 5) is 14.3. The van der Waals surface area contributed by atoms with Crippen molar-refractivity contribution in [2.75, 3.05) is 26.2 Å². The molecule has 2 fully saturated rings. The van der Waals surface area contributed by atoms with Gasteiger partial charge in [0.25, 0.3) is 0 Å². The van der Waals surface area contributed by atoms with E-state index in [0.717, 1.165) is 25.9 Å². The summed E-state index contributed by atoms with van der Waals surface area (Å²) >= 11 is 0. The van der Waals surface area contributed by atoms with Gasteiger partial charge in [-0.2, -0.15) is 0 Å². The number of carbonyl (C=O) groups is 1. The van der Waals surface area contributed by atoms with Crippen LogP contribution in [0.3, 0.4) is 0 Å². The first-order valence-electron chi connectivity index (χ1n) is 6.95. The van der Waals surface area contributed by atoms with Crippen LogP contribution >= 0.6 is 0 Å². The maximum atomic E-state index is 12.1. The van der Waals surface area contributed by atoms with Gasteiger partial charge >= 0.3 is 0 Å². The number of rotatable bonds is 3. The van der Waals surface area contributed by atoms with Gasteiger partial charge in [-0.25, -0.2) is 0 Å². The minimum atomic E-state index is -0.215. The molecule has 0 bridgehead atoms. The molecule has 1 amide bonds. The van der Waals surface area contributed by atoms with E-state index in [1.165, 1.54) is 5.56 Å². The van der Waals surface area contributed by atoms with E-state index in [9.17, 15) is 4.79 Å². The molecule has 0 aromatic heterocycles. The van der Waals surface area contributed by atoms with E-state index < -0.39 is 0 Å². The number of hydrogen-bond acceptors (Lipinski definition) is 3. The number of carbonyl (C=O) groups excluding carboxylic acids is 1. The third-order valence-corrected chi connectivity index (χ3v) is 4.58. The van der Waals surface area contributed by atoms with Crippen LogP contribution in [0.25, 0.3) is 0 Å². The zero-order valence-electron chi connectivity index (χ0n) is 11.0. The zero-order chi connectivity index (χ0) is 13.3. The van der Waals surface area contributed by atoms with E-state index >= 15 is 0 Å². The first-order valence-corrected chi connectivity index (χ1v) is 6.95. The molecule has 2 aliphatic rings. The smallest absolute Gasteiger partial charge is 0.229 e. The second-order valence-electron chi connectivity index (χ2n) is 5.54. The van der Waals surface area contributed by atoms with Crippen molar-refractivity contribution >= 4 is 5.91 Å². The van der Waals surface area contributed by atoms with E-state index in [1.54, 1.807) is 0 Å². The number of nitrogens with zero attached hydrogens (tertiary/aromatic N) is 1. The van der Waals surface area contributed by atoms with Crippen LogP contribution in [0.15, 0.2) is 30.3 Å². The van der Waals surface area contributed by atoms with Crippen molar-refractivity contribution in [3.8, 4) is 0 Å². The molecule has 0 saturated carbocycles. The number of benzene rings is 1. The molecule has 1 spiro atoms. The van der Waals surface area contributed by atoms with Crippen LogP contribution in [-0.2, 0) is 4.79 Å². The van der Waals surface area contributed by atoms with Gasteiger partial charge in [0.15, 0.2) is 0 Å². The summed E-state index contributed by atoms with van der Waals surface area (Å²) in [5.41, 5.74) is 0.991. The van der Waals surface area contributed by atoms with Gasteiger partial charge in [0.2, 0.25) is 5.91 Å². The summed E-state index contributed by atoms with van der Waals surface area (Å²) in [6.07, 6.45) is 1.77. The Morgan fingerprint density at radius 3 is 2.53 bits per heavy atom. The van der Waals surface area contributed by atoms with E-state index in [2.05, 4.69) is 22.3 Å². The number of nitrogens with one attached hydrogen (secondary N) is 1. The van der Waals surface area contributed by atoms with Crippen LogP contribution in [-0.4, -0.2) is 42.2 Å². The van der Waals surface area contributed by atoms with Crippen LogP contribution in [0.4, 0.5) is 0 Å². The molecule has 4 heteroatoms. The van der Waals surface area contributed by atoms with E-state index in [0.29, 0.717) is 6.54 Å². The fourth-order valence-corrected chi connectivity index (χ4v) is 3.35. The molecule has 2 heterocycles. The Morgan fingerprint density at radius 1 is 1.26 bits per heavy atom. The third-order valence-electron chi connectivity index (χ3n) is 4.58. The third kappa shape index (κ3) is 2.05. The van der Waals surface area contributed by atoms with Gasteiger partial charge in [-0.05, 0) is 31.5 Å². The average molecular weight is 260 g/mol. The molecular formula is C15H20N2O2. The summed E-state index contributed by atoms with van der Waals surface area (Å²) in [7, 11) is 0. The van der Waals surface area contributed by atoms with Crippen molar-refractivity contribution in [3.05, 3.63) is 35.9 Å². The van der Waals surface area contributed by atoms with Crippen LogP contribution in [0.2, 0.25) is 0 Å². The van der Waals surface area contributed by atoms with Crippen molar-refractivity contribution in [1.82, 2.24) is 10.2 Å². The molecule has 2 N–H and O–H groups in total. The second kappa shape index (κ2) is 4.94. The van der Waals surface area contributed by atoms with Gasteiger partial charge in [0.05, 0.1) is 18.1 Å². The second-order valence-corrected chi connectivity index (χ2v) is 5.54. The molecule has 0 unspecified atom stereocenters. The van der Waals surface area contributed by atoms with Gasteiger partial charge in [0, 0.05) is 6.54 Å². The molecule has 0 radical (unpaired) electrons. The predicted octanol–water partition coefficient (Wildman–Crippen LogP) is 0.932. The molecule has 2 saturated heterocycles. The molecule has 1 aromatic rings. The summed E-state index contributed by atoms with van der Waals surface area (Å²) in [5.74, 6) is 0.199. The molecule has 3 rings (SSSR count). The number of piperidine rings is 1. The highest BCUT2D eigenvalue weighted by Gasteiger charge is 2.56. The fraction of sp³-hybridized carbons (Fsp3) is 0.533. The van der Waals surface area contributed by atoms with Crippen molar-refractivity contribution < 1.29 is 9.90 Å². The lowest BCUT2D eigenvalue weighted by Crippen LogP contribution is -2.64. The minimum absolute atomic E-state index is 0.164.